The number of aromatic nitrogens is 2. The zero-order chi connectivity index (χ0) is 21.2. The lowest BCUT2D eigenvalue weighted by molar-refractivity contribution is -0.122. The number of likely N-dealkylation sites (N-methyl/N-ethyl adjacent to an activating group) is 1. The number of halogens is 1. The molecule has 9 heteroatoms. The van der Waals surface area contributed by atoms with E-state index >= 15 is 0 Å². The highest BCUT2D eigenvalue weighted by Gasteiger charge is 2.47. The molecule has 0 saturated carbocycles. The molecular weight excluding hydrogens is 389 g/mol. The number of carbonyl (C=O) groups excluding carboxylic acids is 1. The largest absolute Gasteiger partial charge is 0.381 e. The highest BCUT2D eigenvalue weighted by atomic mass is 19.1. The topological polar surface area (TPSA) is 70.9 Å². The second kappa shape index (κ2) is 7.02. The van der Waals surface area contributed by atoms with E-state index in [1.807, 2.05) is 11.9 Å². The van der Waals surface area contributed by atoms with Crippen molar-refractivity contribution in [3.63, 3.8) is 0 Å². The van der Waals surface area contributed by atoms with Crippen molar-refractivity contribution < 1.29 is 13.9 Å². The van der Waals surface area contributed by atoms with Gasteiger partial charge in [0, 0.05) is 50.8 Å². The average Bonchev–Trinajstić information content (AvgIpc) is 2.74. The Bertz CT molecular complexity index is 1080. The van der Waals surface area contributed by atoms with Gasteiger partial charge in [-0.25, -0.2) is 9.37 Å². The number of aryl methyl sites for hydroxylation is 1. The van der Waals surface area contributed by atoms with Gasteiger partial charge in [-0.15, -0.1) is 0 Å². The number of piperazine rings is 1. The molecule has 3 aliphatic heterocycles. The number of anilines is 2. The molecule has 5 rings (SSSR count). The van der Waals surface area contributed by atoms with E-state index in [2.05, 4.69) is 16.8 Å². The Morgan fingerprint density at radius 1 is 1.13 bits per heavy atom. The molecule has 5 heterocycles. The molecule has 2 fully saturated rings. The van der Waals surface area contributed by atoms with Gasteiger partial charge in [0.1, 0.15) is 23.2 Å². The second-order valence-corrected chi connectivity index (χ2v) is 8.59. The minimum atomic E-state index is -0.461. The maximum atomic E-state index is 14.3. The van der Waals surface area contributed by atoms with E-state index < -0.39 is 11.9 Å². The number of amides is 1. The van der Waals surface area contributed by atoms with Crippen LogP contribution in [0, 0.1) is 5.82 Å². The van der Waals surface area contributed by atoms with Crippen LogP contribution in [0.4, 0.5) is 15.8 Å². The number of pyridine rings is 2. The van der Waals surface area contributed by atoms with Crippen molar-refractivity contribution in [2.45, 2.75) is 37.9 Å². The van der Waals surface area contributed by atoms with Gasteiger partial charge >= 0.3 is 0 Å². The lowest BCUT2D eigenvalue weighted by Gasteiger charge is -2.51. The molecule has 3 aliphatic rings. The summed E-state index contributed by atoms with van der Waals surface area (Å²) in [5.41, 5.74) is 1.13. The van der Waals surface area contributed by atoms with Crippen LogP contribution in [0.3, 0.4) is 0 Å². The summed E-state index contributed by atoms with van der Waals surface area (Å²) in [4.78, 5) is 37.3. The Balaban J connectivity index is 1.81. The number of hydrogen-bond acceptors (Lipinski definition) is 6. The first kappa shape index (κ1) is 19.4. The Morgan fingerprint density at radius 2 is 1.87 bits per heavy atom. The lowest BCUT2D eigenvalue weighted by Crippen LogP contribution is -2.66. The second-order valence-electron chi connectivity index (χ2n) is 8.59. The highest BCUT2D eigenvalue weighted by molar-refractivity contribution is 6.11. The summed E-state index contributed by atoms with van der Waals surface area (Å²) in [6.45, 7) is 4.34. The van der Waals surface area contributed by atoms with Crippen LogP contribution < -0.4 is 15.4 Å². The van der Waals surface area contributed by atoms with E-state index in [0.29, 0.717) is 61.6 Å². The van der Waals surface area contributed by atoms with Crippen LogP contribution in [0.15, 0.2) is 17.1 Å². The third kappa shape index (κ3) is 2.75. The van der Waals surface area contributed by atoms with Crippen LogP contribution in [0.1, 0.15) is 19.8 Å². The summed E-state index contributed by atoms with van der Waals surface area (Å²) >= 11 is 0. The van der Waals surface area contributed by atoms with Crippen molar-refractivity contribution >= 4 is 28.3 Å². The van der Waals surface area contributed by atoms with Crippen LogP contribution in [0.2, 0.25) is 0 Å². The lowest BCUT2D eigenvalue weighted by atomic mass is 9.96. The van der Waals surface area contributed by atoms with Gasteiger partial charge < -0.3 is 14.5 Å². The predicted molar refractivity (Wildman–Crippen MR) is 111 cm³/mol. The van der Waals surface area contributed by atoms with E-state index in [-0.39, 0.29) is 23.6 Å². The SMILES string of the molecule is CC1CN2c3c(c(=O)n(C)c4ncc(F)cc34)N(C3CCOCC3)C(=O)C2CN1C. The fraction of sp³-hybridized carbons (Fsp3) is 0.571. The van der Waals surface area contributed by atoms with Crippen LogP contribution in [0.5, 0.6) is 0 Å². The quantitative estimate of drug-likeness (QED) is 0.695. The van der Waals surface area contributed by atoms with Gasteiger partial charge in [-0.05, 0) is 32.9 Å². The van der Waals surface area contributed by atoms with E-state index in [1.54, 1.807) is 11.9 Å². The maximum Gasteiger partial charge on any atom is 0.278 e. The summed E-state index contributed by atoms with van der Waals surface area (Å²) in [5.74, 6) is -0.523. The maximum absolute atomic E-state index is 14.3. The fourth-order valence-electron chi connectivity index (χ4n) is 5.00. The molecule has 2 saturated heterocycles. The van der Waals surface area contributed by atoms with Gasteiger partial charge in [-0.2, -0.15) is 0 Å². The van der Waals surface area contributed by atoms with Gasteiger partial charge in [-0.3, -0.25) is 19.1 Å². The zero-order valence-electron chi connectivity index (χ0n) is 17.5. The third-order valence-electron chi connectivity index (χ3n) is 6.79. The number of hydrogen-bond donors (Lipinski definition) is 0. The molecule has 0 bridgehead atoms. The summed E-state index contributed by atoms with van der Waals surface area (Å²) < 4.78 is 21.2. The minimum absolute atomic E-state index is 0.0611. The van der Waals surface area contributed by atoms with E-state index in [1.165, 1.54) is 10.6 Å². The third-order valence-corrected chi connectivity index (χ3v) is 6.79. The monoisotopic (exact) mass is 415 g/mol. The molecule has 160 valence electrons. The number of carbonyl (C=O) groups is 1. The molecule has 0 radical (unpaired) electrons. The van der Waals surface area contributed by atoms with Crippen molar-refractivity contribution in [1.29, 1.82) is 0 Å². The van der Waals surface area contributed by atoms with E-state index in [9.17, 15) is 14.0 Å². The molecule has 2 aromatic heterocycles. The van der Waals surface area contributed by atoms with Gasteiger partial charge in [0.25, 0.3) is 11.5 Å². The molecule has 0 N–H and O–H groups in total. The number of fused-ring (bicyclic) bond motifs is 5. The Morgan fingerprint density at radius 3 is 2.60 bits per heavy atom. The van der Waals surface area contributed by atoms with Gasteiger partial charge in [0.15, 0.2) is 0 Å². The summed E-state index contributed by atoms with van der Waals surface area (Å²) in [5, 5.41) is 0.568. The molecule has 30 heavy (non-hydrogen) atoms. The van der Waals surface area contributed by atoms with Crippen molar-refractivity contribution in [1.82, 2.24) is 14.5 Å². The molecule has 0 aliphatic carbocycles. The highest BCUT2D eigenvalue weighted by Crippen LogP contribution is 2.42. The fourth-order valence-corrected chi connectivity index (χ4v) is 5.00. The predicted octanol–water partition coefficient (Wildman–Crippen LogP) is 1.11. The number of ether oxygens (including phenoxy) is 1. The van der Waals surface area contributed by atoms with Crippen LogP contribution in [-0.4, -0.2) is 71.8 Å². The molecule has 2 atom stereocenters. The Kier molecular flexibility index (Phi) is 4.55. The summed E-state index contributed by atoms with van der Waals surface area (Å²) in [7, 11) is 3.63. The molecule has 0 spiro atoms. The molecule has 2 unspecified atom stereocenters. The van der Waals surface area contributed by atoms with E-state index in [4.69, 9.17) is 4.74 Å². The molecule has 8 nitrogen and oxygen atoms in total. The van der Waals surface area contributed by atoms with Crippen LogP contribution >= 0.6 is 0 Å². The first-order chi connectivity index (χ1) is 14.4. The number of nitrogens with zero attached hydrogens (tertiary/aromatic N) is 5. The smallest absolute Gasteiger partial charge is 0.278 e. The summed E-state index contributed by atoms with van der Waals surface area (Å²) in [6.07, 6.45) is 2.47. The van der Waals surface area contributed by atoms with Crippen LogP contribution in [-0.2, 0) is 16.6 Å². The zero-order valence-corrected chi connectivity index (χ0v) is 17.5. The Hall–Kier alpha value is -2.52. The first-order valence-electron chi connectivity index (χ1n) is 10.4. The molecule has 2 aromatic rings. The van der Waals surface area contributed by atoms with Crippen molar-refractivity contribution in [3.8, 4) is 0 Å². The van der Waals surface area contributed by atoms with Crippen molar-refractivity contribution in [2.24, 2.45) is 7.05 Å². The van der Waals surface area contributed by atoms with Crippen molar-refractivity contribution in [2.75, 3.05) is 43.2 Å². The molecule has 1 amide bonds. The van der Waals surface area contributed by atoms with Gasteiger partial charge in [0.05, 0.1) is 11.9 Å². The first-order valence-corrected chi connectivity index (χ1v) is 10.4. The van der Waals surface area contributed by atoms with E-state index in [0.717, 1.165) is 6.20 Å². The van der Waals surface area contributed by atoms with Gasteiger partial charge in [0.2, 0.25) is 0 Å². The van der Waals surface area contributed by atoms with Crippen LogP contribution in [0.25, 0.3) is 11.0 Å². The minimum Gasteiger partial charge on any atom is -0.381 e. The standard InChI is InChI=1S/C21H26FN5O3/c1-12-10-26-16(11-24(12)2)20(28)27(14-4-6-30-7-5-14)18-17(26)15-8-13(22)9-23-19(15)25(3)21(18)29/h8-9,12,14,16H,4-7,10-11H2,1-3H3. The Labute approximate surface area is 173 Å². The summed E-state index contributed by atoms with van der Waals surface area (Å²) in [6, 6.07) is 1.10. The van der Waals surface area contributed by atoms with Crippen molar-refractivity contribution in [3.05, 3.63) is 28.4 Å². The average molecular weight is 415 g/mol. The molecule has 0 aromatic carbocycles. The normalized spacial score (nSPS) is 25.5. The molecular formula is C21H26FN5O3. The van der Waals surface area contributed by atoms with Gasteiger partial charge in [-0.1, -0.05) is 0 Å². The number of rotatable bonds is 1.